The molecule has 1 aliphatic heterocycles. The van der Waals surface area contributed by atoms with E-state index in [2.05, 4.69) is 19.9 Å². The van der Waals surface area contributed by atoms with Gasteiger partial charge in [-0.2, -0.15) is 0 Å². The maximum atomic E-state index is 13.0. The summed E-state index contributed by atoms with van der Waals surface area (Å²) in [6.07, 6.45) is 1.92. The molecule has 1 aliphatic rings. The van der Waals surface area contributed by atoms with Crippen molar-refractivity contribution in [2.24, 2.45) is 0 Å². The Balaban J connectivity index is 1.86. The summed E-state index contributed by atoms with van der Waals surface area (Å²) in [6.45, 7) is 1.37. The summed E-state index contributed by atoms with van der Waals surface area (Å²) in [4.78, 5) is 25.3. The molecule has 0 saturated carbocycles. The quantitative estimate of drug-likeness (QED) is 0.612. The van der Waals surface area contributed by atoms with Gasteiger partial charge in [0.1, 0.15) is 0 Å². The summed E-state index contributed by atoms with van der Waals surface area (Å²) in [5.41, 5.74) is 2.22. The zero-order chi connectivity index (χ0) is 22.1. The molecule has 0 spiro atoms. The maximum absolute atomic E-state index is 13.0. The molecule has 1 amide bonds. The van der Waals surface area contributed by atoms with E-state index in [9.17, 15) is 18.0 Å². The van der Waals surface area contributed by atoms with Crippen LogP contribution in [0.15, 0.2) is 35.2 Å². The van der Waals surface area contributed by atoms with Crippen LogP contribution < -0.4 is 10.6 Å². The molecule has 0 fully saturated rings. The van der Waals surface area contributed by atoms with Crippen molar-refractivity contribution < 1.29 is 18.0 Å². The number of hydrogen-bond donors (Lipinski definition) is 2. The standard InChI is InChI=1S/C20H21Cl2N2O4PS/c1-30(27,28)13-4-2-3-11(7-13)8-16(20(26)29)24-19(25)17-15(21)9-12-10-23-6-5-14(12)18(17)22/h2-4,7,9,16,23H,5-6,8,10,29H2,1H3,(H,24,25)/t16-/m0/s1. The lowest BCUT2D eigenvalue weighted by Crippen LogP contribution is -2.40. The third-order valence-electron chi connectivity index (χ3n) is 4.92. The molecule has 30 heavy (non-hydrogen) atoms. The predicted octanol–water partition coefficient (Wildman–Crippen LogP) is 2.79. The Morgan fingerprint density at radius 2 is 2.00 bits per heavy atom. The van der Waals surface area contributed by atoms with Crippen LogP contribution in [-0.2, 0) is 34.0 Å². The number of fused-ring (bicyclic) bond motifs is 1. The zero-order valence-electron chi connectivity index (χ0n) is 16.2. The van der Waals surface area contributed by atoms with Crippen molar-refractivity contribution in [3.63, 3.8) is 0 Å². The number of benzene rings is 2. The van der Waals surface area contributed by atoms with E-state index < -0.39 is 21.8 Å². The molecule has 0 saturated heterocycles. The van der Waals surface area contributed by atoms with Gasteiger partial charge in [0.2, 0.25) is 0 Å². The van der Waals surface area contributed by atoms with Crippen molar-refractivity contribution in [1.82, 2.24) is 10.6 Å². The van der Waals surface area contributed by atoms with Crippen LogP contribution in [0.25, 0.3) is 0 Å². The van der Waals surface area contributed by atoms with Crippen LogP contribution in [0.2, 0.25) is 10.0 Å². The van der Waals surface area contributed by atoms with Gasteiger partial charge in [-0.05, 0) is 47.9 Å². The molecule has 0 aromatic heterocycles. The molecule has 2 N–H and O–H groups in total. The Kier molecular flexibility index (Phi) is 7.20. The van der Waals surface area contributed by atoms with Gasteiger partial charge in [0.05, 0.1) is 26.5 Å². The number of rotatable bonds is 6. The van der Waals surface area contributed by atoms with Crippen LogP contribution in [-0.4, -0.2) is 38.7 Å². The second kappa shape index (κ2) is 9.33. The lowest BCUT2D eigenvalue weighted by Gasteiger charge is -2.22. The Morgan fingerprint density at radius 3 is 2.67 bits per heavy atom. The molecule has 6 nitrogen and oxygen atoms in total. The summed E-state index contributed by atoms with van der Waals surface area (Å²) in [5.74, 6) is -0.550. The molecule has 0 aliphatic carbocycles. The summed E-state index contributed by atoms with van der Waals surface area (Å²) >= 11 is 12.8. The minimum atomic E-state index is -3.38. The van der Waals surface area contributed by atoms with E-state index in [1.807, 2.05) is 0 Å². The number of amides is 1. The Labute approximate surface area is 187 Å². The number of carbonyl (C=O) groups is 2. The summed E-state index contributed by atoms with van der Waals surface area (Å²) < 4.78 is 23.6. The lowest BCUT2D eigenvalue weighted by atomic mass is 9.97. The van der Waals surface area contributed by atoms with Gasteiger partial charge in [0.15, 0.2) is 15.4 Å². The topological polar surface area (TPSA) is 92.3 Å². The minimum Gasteiger partial charge on any atom is -0.341 e. The van der Waals surface area contributed by atoms with Crippen molar-refractivity contribution in [2.75, 3.05) is 12.8 Å². The van der Waals surface area contributed by atoms with Crippen molar-refractivity contribution in [3.05, 3.63) is 62.6 Å². The Morgan fingerprint density at radius 1 is 1.27 bits per heavy atom. The van der Waals surface area contributed by atoms with Crippen LogP contribution in [0.3, 0.4) is 0 Å². The van der Waals surface area contributed by atoms with E-state index in [1.165, 1.54) is 12.1 Å². The molecule has 1 heterocycles. The predicted molar refractivity (Wildman–Crippen MR) is 121 cm³/mol. The van der Waals surface area contributed by atoms with Gasteiger partial charge in [0, 0.05) is 19.2 Å². The molecule has 2 aromatic carbocycles. The normalized spacial score (nSPS) is 14.7. The average Bonchev–Trinajstić information content (AvgIpc) is 2.67. The van der Waals surface area contributed by atoms with Crippen molar-refractivity contribution in [1.29, 1.82) is 0 Å². The first-order valence-corrected chi connectivity index (χ1v) is 12.4. The van der Waals surface area contributed by atoms with Crippen LogP contribution in [0.4, 0.5) is 0 Å². The van der Waals surface area contributed by atoms with Crippen LogP contribution >= 0.6 is 32.4 Å². The highest BCUT2D eigenvalue weighted by atomic mass is 35.5. The van der Waals surface area contributed by atoms with Gasteiger partial charge in [-0.25, -0.2) is 8.42 Å². The van der Waals surface area contributed by atoms with Crippen LogP contribution in [0, 0.1) is 0 Å². The molecule has 2 atom stereocenters. The van der Waals surface area contributed by atoms with Crippen LogP contribution in [0.5, 0.6) is 0 Å². The maximum Gasteiger partial charge on any atom is 0.254 e. The lowest BCUT2D eigenvalue weighted by molar-refractivity contribution is -0.112. The zero-order valence-corrected chi connectivity index (χ0v) is 19.7. The van der Waals surface area contributed by atoms with Crippen molar-refractivity contribution >= 4 is 53.7 Å². The van der Waals surface area contributed by atoms with E-state index in [4.69, 9.17) is 23.2 Å². The van der Waals surface area contributed by atoms with E-state index in [1.54, 1.807) is 18.2 Å². The van der Waals surface area contributed by atoms with E-state index >= 15 is 0 Å². The number of hydrogen-bond acceptors (Lipinski definition) is 5. The summed E-state index contributed by atoms with van der Waals surface area (Å²) in [7, 11) is -1.33. The number of nitrogens with one attached hydrogen (secondary N) is 2. The Hall–Kier alpha value is -1.50. The molecule has 0 bridgehead atoms. The highest BCUT2D eigenvalue weighted by molar-refractivity contribution is 7.90. The second-order valence-corrected chi connectivity index (χ2v) is 10.5. The van der Waals surface area contributed by atoms with Crippen molar-refractivity contribution in [3.8, 4) is 0 Å². The third-order valence-corrected chi connectivity index (χ3v) is 7.15. The highest BCUT2D eigenvalue weighted by Gasteiger charge is 2.26. The summed E-state index contributed by atoms with van der Waals surface area (Å²) in [6, 6.07) is 7.11. The fourth-order valence-electron chi connectivity index (χ4n) is 3.37. The first-order chi connectivity index (χ1) is 14.1. The second-order valence-electron chi connectivity index (χ2n) is 7.16. The number of carbonyl (C=O) groups excluding carboxylic acids is 2. The van der Waals surface area contributed by atoms with Gasteiger partial charge < -0.3 is 10.6 Å². The van der Waals surface area contributed by atoms with Gasteiger partial charge >= 0.3 is 0 Å². The monoisotopic (exact) mass is 486 g/mol. The summed E-state index contributed by atoms with van der Waals surface area (Å²) in [5, 5.41) is 6.42. The molecule has 1 unspecified atom stereocenters. The highest BCUT2D eigenvalue weighted by Crippen LogP contribution is 2.33. The van der Waals surface area contributed by atoms with Gasteiger partial charge in [-0.1, -0.05) is 44.6 Å². The SMILES string of the molecule is CS(=O)(=O)c1cccc(C[C@H](NC(=O)c2c(Cl)cc3c(c2Cl)CCNC3)C(=O)P)c1. The molecule has 3 rings (SSSR count). The molecule has 2 aromatic rings. The van der Waals surface area contributed by atoms with E-state index in [0.717, 1.165) is 23.9 Å². The largest absolute Gasteiger partial charge is 0.341 e. The average molecular weight is 487 g/mol. The van der Waals surface area contributed by atoms with Gasteiger partial charge in [-0.15, -0.1) is 0 Å². The molecule has 0 radical (unpaired) electrons. The van der Waals surface area contributed by atoms with Gasteiger partial charge in [-0.3, -0.25) is 9.59 Å². The molecular weight excluding hydrogens is 466 g/mol. The Bertz CT molecular complexity index is 1120. The first kappa shape index (κ1) is 23.2. The van der Waals surface area contributed by atoms with E-state index in [0.29, 0.717) is 23.6 Å². The van der Waals surface area contributed by atoms with Crippen molar-refractivity contribution in [2.45, 2.75) is 30.3 Å². The fraction of sp³-hybridized carbons (Fsp3) is 0.300. The minimum absolute atomic E-state index is 0.127. The van der Waals surface area contributed by atoms with E-state index in [-0.39, 0.29) is 27.4 Å². The molecule has 10 heteroatoms. The smallest absolute Gasteiger partial charge is 0.254 e. The fourth-order valence-corrected chi connectivity index (χ4v) is 5.03. The van der Waals surface area contributed by atoms with Gasteiger partial charge in [0.25, 0.3) is 5.91 Å². The first-order valence-electron chi connectivity index (χ1n) is 9.17. The third kappa shape index (κ3) is 5.21. The molecule has 160 valence electrons. The van der Waals surface area contributed by atoms with Crippen LogP contribution in [0.1, 0.15) is 27.0 Å². The number of sulfone groups is 1. The number of halogens is 2. The molecular formula is C20H21Cl2N2O4PS.